The monoisotopic (exact) mass is 476 g/mol. The van der Waals surface area contributed by atoms with Crippen molar-refractivity contribution in [2.45, 2.75) is 18.8 Å². The van der Waals surface area contributed by atoms with E-state index in [0.29, 0.717) is 25.9 Å². The third-order valence-electron chi connectivity index (χ3n) is 6.74. The zero-order valence-corrected chi connectivity index (χ0v) is 19.6. The maximum atomic E-state index is 12.3. The molecule has 8 heteroatoms. The first-order chi connectivity index (χ1) is 16.9. The Labute approximate surface area is 204 Å². The molecule has 1 aliphatic carbocycles. The molecule has 0 unspecified atom stereocenters. The number of ether oxygens (including phenoxy) is 2. The molecule has 0 bridgehead atoms. The van der Waals surface area contributed by atoms with Gasteiger partial charge in [0.2, 0.25) is 0 Å². The summed E-state index contributed by atoms with van der Waals surface area (Å²) in [6.45, 7) is 0.873. The number of carbonyl (C=O) groups is 3. The molecule has 1 fully saturated rings. The van der Waals surface area contributed by atoms with E-state index < -0.39 is 23.4 Å². The van der Waals surface area contributed by atoms with Gasteiger partial charge in [0, 0.05) is 26.1 Å². The van der Waals surface area contributed by atoms with Crippen LogP contribution in [0.4, 0.5) is 4.79 Å². The normalized spacial score (nSPS) is 15.9. The number of carbonyl (C=O) groups excluding carboxylic acids is 2. The maximum Gasteiger partial charge on any atom is 0.407 e. The van der Waals surface area contributed by atoms with E-state index in [1.165, 1.54) is 12.0 Å². The number of piperidine rings is 1. The predicted octanol–water partition coefficient (Wildman–Crippen LogP) is 2.87. The van der Waals surface area contributed by atoms with Crippen LogP contribution < -0.4 is 5.32 Å². The SMILES string of the molecule is COCC1(C(=O)O)CCN(C(=O)C#CCNC(=O)OCC2c3ccccc3-c3ccccc32)CC1. The molecule has 182 valence electrons. The van der Waals surface area contributed by atoms with Crippen LogP contribution >= 0.6 is 0 Å². The summed E-state index contributed by atoms with van der Waals surface area (Å²) in [7, 11) is 1.47. The molecule has 0 spiro atoms. The van der Waals surface area contributed by atoms with Crippen LogP contribution in [-0.2, 0) is 19.1 Å². The van der Waals surface area contributed by atoms with E-state index in [1.54, 1.807) is 0 Å². The van der Waals surface area contributed by atoms with Gasteiger partial charge in [-0.3, -0.25) is 9.59 Å². The number of amides is 2. The molecule has 35 heavy (non-hydrogen) atoms. The molecule has 0 saturated carbocycles. The molecule has 8 nitrogen and oxygen atoms in total. The van der Waals surface area contributed by atoms with Gasteiger partial charge in [-0.2, -0.15) is 0 Å². The Bertz CT molecular complexity index is 1130. The van der Waals surface area contributed by atoms with Gasteiger partial charge in [0.05, 0.1) is 18.6 Å². The van der Waals surface area contributed by atoms with Gasteiger partial charge in [-0.25, -0.2) is 4.79 Å². The molecule has 2 aliphatic rings. The molecule has 4 rings (SSSR count). The number of nitrogens with zero attached hydrogens (tertiary/aromatic N) is 1. The first-order valence-electron chi connectivity index (χ1n) is 11.5. The standard InChI is InChI=1S/C27H28N2O6/c1-34-18-27(25(31)32)12-15-29(16-13-27)24(30)11-6-14-28-26(33)35-17-23-21-9-4-2-7-19(21)20-8-3-5-10-22(20)23/h2-5,7-10,23H,12-18H2,1H3,(H,28,33)(H,31,32). The Kier molecular flexibility index (Phi) is 7.37. The van der Waals surface area contributed by atoms with Crippen molar-refractivity contribution in [1.29, 1.82) is 0 Å². The first kappa shape index (κ1) is 24.3. The molecule has 2 aromatic carbocycles. The molecule has 1 aliphatic heterocycles. The number of hydrogen-bond acceptors (Lipinski definition) is 5. The molecule has 1 heterocycles. The lowest BCUT2D eigenvalue weighted by Gasteiger charge is -2.37. The van der Waals surface area contributed by atoms with Crippen LogP contribution in [0.15, 0.2) is 48.5 Å². The lowest BCUT2D eigenvalue weighted by atomic mass is 9.79. The quantitative estimate of drug-likeness (QED) is 0.622. The maximum absolute atomic E-state index is 12.3. The van der Waals surface area contributed by atoms with Crippen LogP contribution in [0.3, 0.4) is 0 Å². The number of alkyl carbamates (subject to hydrolysis) is 1. The van der Waals surface area contributed by atoms with Gasteiger partial charge in [0.25, 0.3) is 5.91 Å². The Morgan fingerprint density at radius 2 is 1.66 bits per heavy atom. The van der Waals surface area contributed by atoms with Crippen molar-refractivity contribution in [1.82, 2.24) is 10.2 Å². The fourth-order valence-electron chi connectivity index (χ4n) is 4.80. The van der Waals surface area contributed by atoms with Crippen LogP contribution in [0.2, 0.25) is 0 Å². The molecule has 2 amide bonds. The molecular formula is C27H28N2O6. The Morgan fingerprint density at radius 3 is 2.23 bits per heavy atom. The van der Waals surface area contributed by atoms with Crippen LogP contribution in [0, 0.1) is 17.3 Å². The van der Waals surface area contributed by atoms with Gasteiger partial charge >= 0.3 is 12.1 Å². The molecular weight excluding hydrogens is 448 g/mol. The Balaban J connectivity index is 1.24. The van der Waals surface area contributed by atoms with Crippen LogP contribution in [0.5, 0.6) is 0 Å². The Hall–Kier alpha value is -3.83. The molecule has 2 N–H and O–H groups in total. The number of carboxylic acids is 1. The van der Waals surface area contributed by atoms with Crippen molar-refractivity contribution in [2.24, 2.45) is 5.41 Å². The lowest BCUT2D eigenvalue weighted by Crippen LogP contribution is -2.48. The van der Waals surface area contributed by atoms with Gasteiger partial charge in [-0.15, -0.1) is 0 Å². The fraction of sp³-hybridized carbons (Fsp3) is 0.370. The Morgan fingerprint density at radius 1 is 1.06 bits per heavy atom. The minimum atomic E-state index is -0.968. The minimum absolute atomic E-state index is 0.0288. The summed E-state index contributed by atoms with van der Waals surface area (Å²) in [5, 5.41) is 12.1. The number of rotatable bonds is 6. The minimum Gasteiger partial charge on any atom is -0.481 e. The average Bonchev–Trinajstić information content (AvgIpc) is 3.19. The lowest BCUT2D eigenvalue weighted by molar-refractivity contribution is -0.157. The first-order valence-corrected chi connectivity index (χ1v) is 11.5. The number of aliphatic carboxylic acids is 1. The second-order valence-corrected chi connectivity index (χ2v) is 8.79. The zero-order chi connectivity index (χ0) is 24.8. The highest BCUT2D eigenvalue weighted by atomic mass is 16.5. The van der Waals surface area contributed by atoms with E-state index in [2.05, 4.69) is 41.4 Å². The predicted molar refractivity (Wildman–Crippen MR) is 129 cm³/mol. The van der Waals surface area contributed by atoms with Crippen molar-refractivity contribution in [3.8, 4) is 23.0 Å². The molecule has 0 radical (unpaired) electrons. The summed E-state index contributed by atoms with van der Waals surface area (Å²) in [5.74, 6) is 3.82. The van der Waals surface area contributed by atoms with Crippen LogP contribution in [0.25, 0.3) is 11.1 Å². The second-order valence-electron chi connectivity index (χ2n) is 8.79. The van der Waals surface area contributed by atoms with Gasteiger partial charge in [0.15, 0.2) is 0 Å². The molecule has 1 saturated heterocycles. The van der Waals surface area contributed by atoms with E-state index in [-0.39, 0.29) is 25.7 Å². The number of fused-ring (bicyclic) bond motifs is 3. The summed E-state index contributed by atoms with van der Waals surface area (Å²) in [6, 6.07) is 16.2. The largest absolute Gasteiger partial charge is 0.481 e. The van der Waals surface area contributed by atoms with Crippen molar-refractivity contribution < 1.29 is 29.0 Å². The third kappa shape index (κ3) is 5.15. The van der Waals surface area contributed by atoms with E-state index in [4.69, 9.17) is 9.47 Å². The van der Waals surface area contributed by atoms with Gasteiger partial charge in [-0.05, 0) is 41.0 Å². The molecule has 2 aromatic rings. The second kappa shape index (κ2) is 10.6. The van der Waals surface area contributed by atoms with Crippen LogP contribution in [-0.4, -0.2) is 67.9 Å². The smallest absolute Gasteiger partial charge is 0.407 e. The van der Waals surface area contributed by atoms with Crippen molar-refractivity contribution in [2.75, 3.05) is 40.0 Å². The van der Waals surface area contributed by atoms with Gasteiger partial charge in [-0.1, -0.05) is 54.5 Å². The highest BCUT2D eigenvalue weighted by Crippen LogP contribution is 2.44. The van der Waals surface area contributed by atoms with E-state index >= 15 is 0 Å². The number of likely N-dealkylation sites (tertiary alicyclic amines) is 1. The average molecular weight is 477 g/mol. The fourth-order valence-corrected chi connectivity index (χ4v) is 4.80. The summed E-state index contributed by atoms with van der Waals surface area (Å²) < 4.78 is 10.5. The summed E-state index contributed by atoms with van der Waals surface area (Å²) in [6.07, 6.45) is 0.0146. The number of nitrogens with one attached hydrogen (secondary N) is 1. The van der Waals surface area contributed by atoms with Crippen molar-refractivity contribution in [3.05, 3.63) is 59.7 Å². The third-order valence-corrected chi connectivity index (χ3v) is 6.74. The van der Waals surface area contributed by atoms with Gasteiger partial charge < -0.3 is 24.8 Å². The number of hydrogen-bond donors (Lipinski definition) is 2. The van der Waals surface area contributed by atoms with E-state index in [1.807, 2.05) is 24.3 Å². The molecule has 0 aromatic heterocycles. The zero-order valence-electron chi connectivity index (χ0n) is 19.6. The highest BCUT2D eigenvalue weighted by Gasteiger charge is 2.42. The van der Waals surface area contributed by atoms with Crippen molar-refractivity contribution >= 4 is 18.0 Å². The number of methoxy groups -OCH3 is 1. The van der Waals surface area contributed by atoms with Gasteiger partial charge in [0.1, 0.15) is 6.61 Å². The summed E-state index contributed by atoms with van der Waals surface area (Å²) in [4.78, 5) is 37.7. The highest BCUT2D eigenvalue weighted by molar-refractivity contribution is 5.93. The summed E-state index contributed by atoms with van der Waals surface area (Å²) >= 11 is 0. The number of carboxylic acid groups (broad SMARTS) is 1. The topological polar surface area (TPSA) is 105 Å². The van der Waals surface area contributed by atoms with Crippen LogP contribution in [0.1, 0.15) is 29.9 Å². The van der Waals surface area contributed by atoms with E-state index in [0.717, 1.165) is 22.3 Å². The van der Waals surface area contributed by atoms with Crippen molar-refractivity contribution in [3.63, 3.8) is 0 Å². The number of benzene rings is 2. The van der Waals surface area contributed by atoms with E-state index in [9.17, 15) is 19.5 Å². The summed E-state index contributed by atoms with van der Waals surface area (Å²) in [5.41, 5.74) is 3.60. The molecule has 0 atom stereocenters.